The molecule has 5 aliphatic heterocycles. The molecule has 9 heterocycles. The lowest BCUT2D eigenvalue weighted by molar-refractivity contribution is -0.190. The third-order valence-electron chi connectivity index (χ3n) is 17.7. The van der Waals surface area contributed by atoms with Crippen LogP contribution in [0.3, 0.4) is 0 Å². The largest absolute Gasteiger partial charge is 0.508 e. The highest BCUT2D eigenvalue weighted by Crippen LogP contribution is 2.48. The summed E-state index contributed by atoms with van der Waals surface area (Å²) in [5, 5.41) is 21.3. The zero-order chi connectivity index (χ0) is 61.7. The van der Waals surface area contributed by atoms with Gasteiger partial charge in [0.1, 0.15) is 66.5 Å². The van der Waals surface area contributed by atoms with Crippen LogP contribution in [-0.4, -0.2) is 140 Å². The Morgan fingerprint density at radius 1 is 1.06 bits per heavy atom. The summed E-state index contributed by atoms with van der Waals surface area (Å²) in [6.45, 7) is 12.4. The standard InChI is InChI=1S/C62H60ClF3N10O10S/c1-7-35-37-18-34(77)10-13-45(37)69-51-40(35)25-76-46(51)20-42-41(57(76)80)28-83-58(81)62(42,8-2)86-47(78)26-75(30(3)4)60(82)84-27-31(5)56(79)72-16-17-74(32(6)23-72)55-38-19-43(63)49(36-11-12-44(65)53-48(36)39(22-67)54(68)87-53)50(66)52(38)70-59(71-55)85-29-61-14-9-15-73(61)24-33(64)21-61/h10-13,18-20,30,32-33,77H,5,7-9,14-17,21,23-29,68H2,1-4,6H3. The van der Waals surface area contributed by atoms with Gasteiger partial charge in [0.05, 0.1) is 49.8 Å². The summed E-state index contributed by atoms with van der Waals surface area (Å²) in [5.74, 6) is -3.72. The molecule has 4 aromatic heterocycles. The number of aromatic nitrogens is 4. The van der Waals surface area contributed by atoms with Crippen molar-refractivity contribution in [2.75, 3.05) is 63.1 Å². The van der Waals surface area contributed by atoms with E-state index in [2.05, 4.69) is 16.5 Å². The number of nitriles is 1. The summed E-state index contributed by atoms with van der Waals surface area (Å²) < 4.78 is 72.7. The number of nitrogens with two attached hydrogens (primary N) is 1. The molecule has 0 saturated carbocycles. The molecular weight excluding hydrogens is 1170 g/mol. The van der Waals surface area contributed by atoms with Crippen LogP contribution in [0.4, 0.5) is 28.8 Å². The fourth-order valence-electron chi connectivity index (χ4n) is 13.4. The van der Waals surface area contributed by atoms with E-state index in [4.69, 9.17) is 46.3 Å². The van der Waals surface area contributed by atoms with Gasteiger partial charge < -0.3 is 44.2 Å². The topological polar surface area (TPSA) is 249 Å². The van der Waals surface area contributed by atoms with Gasteiger partial charge in [-0.05, 0) is 101 Å². The van der Waals surface area contributed by atoms with Crippen molar-refractivity contribution in [1.82, 2.24) is 34.2 Å². The molecule has 3 N–H and O–H groups in total. The van der Waals surface area contributed by atoms with Crippen LogP contribution < -0.4 is 20.9 Å². The van der Waals surface area contributed by atoms with Crippen LogP contribution in [0.1, 0.15) is 88.1 Å². The molecule has 0 spiro atoms. The van der Waals surface area contributed by atoms with E-state index in [0.29, 0.717) is 36.3 Å². The molecule has 7 aromatic rings. The number of alkyl halides is 1. The second-order valence-corrected chi connectivity index (χ2v) is 24.5. The third-order valence-corrected chi connectivity index (χ3v) is 19.0. The number of esters is 2. The number of nitrogen functional groups attached to an aromatic ring is 1. The second kappa shape index (κ2) is 22.3. The van der Waals surface area contributed by atoms with Crippen LogP contribution >= 0.6 is 22.9 Å². The molecule has 0 aliphatic carbocycles. The molecule has 4 atom stereocenters. The third kappa shape index (κ3) is 9.77. The molecule has 87 heavy (non-hydrogen) atoms. The number of amides is 2. The fraction of sp³-hybridized carbons (Fsp3) is 0.403. The van der Waals surface area contributed by atoms with Gasteiger partial charge in [0.2, 0.25) is 5.60 Å². The van der Waals surface area contributed by atoms with E-state index in [1.54, 1.807) is 43.5 Å². The van der Waals surface area contributed by atoms with Crippen LogP contribution in [0.15, 0.2) is 59.4 Å². The Bertz CT molecular complexity index is 4230. The average molecular weight is 1230 g/mol. The molecule has 3 saturated heterocycles. The molecule has 12 rings (SSSR count). The number of carbonyl (C=O) groups is 4. The molecule has 452 valence electrons. The Hall–Kier alpha value is -8.53. The summed E-state index contributed by atoms with van der Waals surface area (Å²) in [6.07, 6.45) is 0.174. The zero-order valence-electron chi connectivity index (χ0n) is 48.2. The van der Waals surface area contributed by atoms with E-state index < -0.39 is 83.7 Å². The number of hydrogen-bond donors (Lipinski definition) is 2. The van der Waals surface area contributed by atoms with Crippen LogP contribution in [0.25, 0.3) is 54.4 Å². The number of benzene rings is 3. The number of hydrogen-bond acceptors (Lipinski definition) is 18. The number of piperazine rings is 1. The second-order valence-electron chi connectivity index (χ2n) is 23.1. The average Bonchev–Trinajstić information content (AvgIpc) is 1.84. The first-order chi connectivity index (χ1) is 41.6. The number of rotatable bonds is 14. The van der Waals surface area contributed by atoms with E-state index in [-0.39, 0.29) is 141 Å². The van der Waals surface area contributed by atoms with Gasteiger partial charge in [-0.2, -0.15) is 15.2 Å². The maximum atomic E-state index is 17.5. The lowest BCUT2D eigenvalue weighted by atomic mass is 9.85. The smallest absolute Gasteiger partial charge is 0.410 e. The highest BCUT2D eigenvalue weighted by molar-refractivity contribution is 7.23. The van der Waals surface area contributed by atoms with Gasteiger partial charge >= 0.3 is 24.0 Å². The van der Waals surface area contributed by atoms with Crippen LogP contribution in [0.2, 0.25) is 5.02 Å². The number of aryl methyl sites for hydroxylation is 1. The number of nitrogens with zero attached hydrogens (tertiary/aromatic N) is 9. The number of phenols is 1. The number of fused-ring (bicyclic) bond motifs is 8. The number of halogens is 4. The number of carbonyl (C=O) groups excluding carboxylic acids is 4. The van der Waals surface area contributed by atoms with Gasteiger partial charge in [0.15, 0.2) is 5.82 Å². The Kier molecular flexibility index (Phi) is 15.1. The molecule has 4 unspecified atom stereocenters. The fourth-order valence-corrected chi connectivity index (χ4v) is 14.6. The van der Waals surface area contributed by atoms with Crippen molar-refractivity contribution < 1.29 is 56.4 Å². The number of anilines is 2. The lowest BCUT2D eigenvalue weighted by Gasteiger charge is -2.41. The Labute approximate surface area is 505 Å². The summed E-state index contributed by atoms with van der Waals surface area (Å²) in [7, 11) is 0. The quantitative estimate of drug-likeness (QED) is 0.0585. The van der Waals surface area contributed by atoms with E-state index in [0.717, 1.165) is 45.2 Å². The Balaban J connectivity index is 0.752. The normalized spacial score (nSPS) is 20.5. The van der Waals surface area contributed by atoms with Crippen molar-refractivity contribution in [2.24, 2.45) is 0 Å². The summed E-state index contributed by atoms with van der Waals surface area (Å²) in [6, 6.07) is 11.1. The van der Waals surface area contributed by atoms with Crippen LogP contribution in [0.5, 0.6) is 11.8 Å². The molecule has 3 fully saturated rings. The lowest BCUT2D eigenvalue weighted by Crippen LogP contribution is -2.54. The maximum Gasteiger partial charge on any atom is 0.410 e. The number of thiophene rings is 1. The number of aromatic hydroxyl groups is 1. The van der Waals surface area contributed by atoms with Gasteiger partial charge in [0.25, 0.3) is 11.5 Å². The first-order valence-corrected chi connectivity index (χ1v) is 29.9. The van der Waals surface area contributed by atoms with Crippen LogP contribution in [0, 0.1) is 23.0 Å². The molecule has 20 nitrogen and oxygen atoms in total. The predicted molar refractivity (Wildman–Crippen MR) is 318 cm³/mol. The SMILES string of the molecule is C=C(COC(=O)N(CC(=O)OC1(CC)C(=O)OCc2c1cc1n(c2=O)Cc2c-1nc1ccc(O)cc1c2CC)C(C)C)C(=O)N1CCN(c2nc(OCC34CCCN3CC(F)C4)nc3c(F)c(-c4ccc(F)c5sc(N)c(C#N)c45)c(Cl)cc23)C(C)C1. The zero-order valence-corrected chi connectivity index (χ0v) is 49.8. The number of cyclic esters (lactones) is 1. The minimum Gasteiger partial charge on any atom is -0.508 e. The molecule has 3 aromatic carbocycles. The van der Waals surface area contributed by atoms with Gasteiger partial charge in [-0.1, -0.05) is 38.1 Å². The number of pyridine rings is 2. The van der Waals surface area contributed by atoms with E-state index >= 15 is 8.78 Å². The van der Waals surface area contributed by atoms with Crippen molar-refractivity contribution in [3.8, 4) is 40.3 Å². The molecule has 0 bridgehead atoms. The molecular formula is C62H60ClF3N10O10S. The highest BCUT2D eigenvalue weighted by atomic mass is 35.5. The van der Waals surface area contributed by atoms with E-state index in [1.165, 1.54) is 23.1 Å². The van der Waals surface area contributed by atoms with E-state index in [9.17, 15) is 38.7 Å². The van der Waals surface area contributed by atoms with Gasteiger partial charge in [-0.25, -0.2) is 27.7 Å². The van der Waals surface area contributed by atoms with Crippen molar-refractivity contribution in [3.05, 3.63) is 109 Å². The molecule has 5 aliphatic rings. The summed E-state index contributed by atoms with van der Waals surface area (Å²) in [5.41, 5.74) is 6.12. The van der Waals surface area contributed by atoms with Crippen molar-refractivity contribution in [2.45, 2.75) is 109 Å². The first kappa shape index (κ1) is 58.8. The van der Waals surface area contributed by atoms with Crippen molar-refractivity contribution in [1.29, 1.82) is 5.26 Å². The molecule has 2 amide bonds. The number of phenolic OH excluding ortho intramolecular Hbond substituents is 1. The number of ether oxygens (including phenoxy) is 4. The monoisotopic (exact) mass is 1230 g/mol. The van der Waals surface area contributed by atoms with Crippen LogP contribution in [-0.2, 0) is 53.8 Å². The Morgan fingerprint density at radius 3 is 2.59 bits per heavy atom. The highest BCUT2D eigenvalue weighted by Gasteiger charge is 2.52. The summed E-state index contributed by atoms with van der Waals surface area (Å²) >= 11 is 7.84. The minimum atomic E-state index is -2.08. The maximum absolute atomic E-state index is 17.5. The predicted octanol–water partition coefficient (Wildman–Crippen LogP) is 9.20. The van der Waals surface area contributed by atoms with Gasteiger partial charge in [-0.15, -0.1) is 11.3 Å². The van der Waals surface area contributed by atoms with Gasteiger partial charge in [0, 0.05) is 83.1 Å². The molecule has 25 heteroatoms. The van der Waals surface area contributed by atoms with Gasteiger partial charge in [-0.3, -0.25) is 24.2 Å². The van der Waals surface area contributed by atoms with Crippen molar-refractivity contribution in [3.63, 3.8) is 0 Å². The minimum absolute atomic E-state index is 0.0275. The molecule has 0 radical (unpaired) electrons. The first-order valence-electron chi connectivity index (χ1n) is 28.7. The Morgan fingerprint density at radius 2 is 1.85 bits per heavy atom. The summed E-state index contributed by atoms with van der Waals surface area (Å²) in [4.78, 5) is 91.1. The van der Waals surface area contributed by atoms with E-state index in [1.807, 2.05) is 24.8 Å². The van der Waals surface area contributed by atoms with Crippen molar-refractivity contribution >= 4 is 89.6 Å².